The fourth-order valence-corrected chi connectivity index (χ4v) is 4.85. The van der Waals surface area contributed by atoms with E-state index in [0.29, 0.717) is 12.5 Å². The van der Waals surface area contributed by atoms with Crippen LogP contribution in [0.4, 0.5) is 5.82 Å². The van der Waals surface area contributed by atoms with Gasteiger partial charge in [0, 0.05) is 45.0 Å². The SMILES string of the molecule is CNc1nc(C2CCN(CC3CC=CCC3)CC2)nc2c1CN(C(C)=O)CC2. The van der Waals surface area contributed by atoms with E-state index < -0.39 is 0 Å². The number of nitrogens with one attached hydrogen (secondary N) is 1. The molecule has 152 valence electrons. The lowest BCUT2D eigenvalue weighted by Crippen LogP contribution is -2.38. The molecule has 0 spiro atoms. The van der Waals surface area contributed by atoms with E-state index in [9.17, 15) is 4.79 Å². The van der Waals surface area contributed by atoms with E-state index in [1.165, 1.54) is 25.8 Å². The zero-order chi connectivity index (χ0) is 19.5. The molecule has 1 unspecified atom stereocenters. The van der Waals surface area contributed by atoms with Crippen molar-refractivity contribution in [2.24, 2.45) is 5.92 Å². The van der Waals surface area contributed by atoms with Crippen LogP contribution in [0.2, 0.25) is 0 Å². The number of rotatable bonds is 4. The smallest absolute Gasteiger partial charge is 0.219 e. The molecular weight excluding hydrogens is 350 g/mol. The third-order valence-electron chi connectivity index (χ3n) is 6.61. The summed E-state index contributed by atoms with van der Waals surface area (Å²) in [6, 6.07) is 0. The Kier molecular flexibility index (Phi) is 5.95. The molecule has 0 bridgehead atoms. The molecule has 1 aromatic heterocycles. The molecule has 1 aliphatic carbocycles. The van der Waals surface area contributed by atoms with Gasteiger partial charge in [0.15, 0.2) is 0 Å². The molecule has 2 aliphatic heterocycles. The van der Waals surface area contributed by atoms with Gasteiger partial charge in [0.05, 0.1) is 12.2 Å². The third-order valence-corrected chi connectivity index (χ3v) is 6.61. The van der Waals surface area contributed by atoms with Crippen molar-refractivity contribution in [3.05, 3.63) is 29.2 Å². The van der Waals surface area contributed by atoms with E-state index in [2.05, 4.69) is 22.4 Å². The Balaban J connectivity index is 1.41. The average molecular weight is 384 g/mol. The molecule has 1 aromatic rings. The first-order valence-corrected chi connectivity index (χ1v) is 10.8. The molecule has 1 N–H and O–H groups in total. The number of likely N-dealkylation sites (tertiary alicyclic amines) is 1. The highest BCUT2D eigenvalue weighted by molar-refractivity contribution is 5.74. The third kappa shape index (κ3) is 4.22. The van der Waals surface area contributed by atoms with Crippen LogP contribution >= 0.6 is 0 Å². The summed E-state index contributed by atoms with van der Waals surface area (Å²) < 4.78 is 0. The number of hydrogen-bond donors (Lipinski definition) is 1. The lowest BCUT2D eigenvalue weighted by molar-refractivity contribution is -0.129. The van der Waals surface area contributed by atoms with Crippen molar-refractivity contribution in [3.8, 4) is 0 Å². The summed E-state index contributed by atoms with van der Waals surface area (Å²) >= 11 is 0. The topological polar surface area (TPSA) is 61.4 Å². The highest BCUT2D eigenvalue weighted by Gasteiger charge is 2.28. The number of aromatic nitrogens is 2. The minimum atomic E-state index is 0.123. The van der Waals surface area contributed by atoms with Gasteiger partial charge in [-0.1, -0.05) is 12.2 Å². The molecular formula is C22H33N5O. The Hall–Kier alpha value is -1.95. The van der Waals surface area contributed by atoms with Crippen molar-refractivity contribution in [1.82, 2.24) is 19.8 Å². The first-order chi connectivity index (χ1) is 13.6. The first-order valence-electron chi connectivity index (χ1n) is 10.8. The molecule has 0 saturated carbocycles. The second kappa shape index (κ2) is 8.60. The molecule has 4 rings (SSSR count). The number of allylic oxidation sites excluding steroid dienone is 2. The molecule has 6 nitrogen and oxygen atoms in total. The van der Waals surface area contributed by atoms with Crippen LogP contribution in [-0.2, 0) is 17.8 Å². The summed E-state index contributed by atoms with van der Waals surface area (Å²) in [6.45, 7) is 6.56. The Morgan fingerprint density at radius 3 is 2.68 bits per heavy atom. The number of fused-ring (bicyclic) bond motifs is 1. The predicted octanol–water partition coefficient (Wildman–Crippen LogP) is 2.96. The van der Waals surface area contributed by atoms with E-state index in [0.717, 1.165) is 67.7 Å². The predicted molar refractivity (Wildman–Crippen MR) is 111 cm³/mol. The normalized spacial score (nSPS) is 23.5. The van der Waals surface area contributed by atoms with Crippen molar-refractivity contribution in [2.75, 3.05) is 38.5 Å². The molecule has 28 heavy (non-hydrogen) atoms. The maximum Gasteiger partial charge on any atom is 0.219 e. The van der Waals surface area contributed by atoms with Crippen molar-refractivity contribution < 1.29 is 4.79 Å². The van der Waals surface area contributed by atoms with Gasteiger partial charge in [0.2, 0.25) is 5.91 Å². The highest BCUT2D eigenvalue weighted by atomic mass is 16.2. The van der Waals surface area contributed by atoms with Gasteiger partial charge < -0.3 is 15.1 Å². The van der Waals surface area contributed by atoms with Crippen LogP contribution in [0.1, 0.15) is 62.0 Å². The maximum atomic E-state index is 11.8. The van der Waals surface area contributed by atoms with Crippen LogP contribution in [0, 0.1) is 5.92 Å². The number of amides is 1. The summed E-state index contributed by atoms with van der Waals surface area (Å²) in [5.74, 6) is 3.31. The average Bonchev–Trinajstić information content (AvgIpc) is 2.73. The van der Waals surface area contributed by atoms with Gasteiger partial charge in [-0.2, -0.15) is 0 Å². The van der Waals surface area contributed by atoms with E-state index in [-0.39, 0.29) is 5.91 Å². The molecule has 1 amide bonds. The number of hydrogen-bond acceptors (Lipinski definition) is 5. The quantitative estimate of drug-likeness (QED) is 0.810. The summed E-state index contributed by atoms with van der Waals surface area (Å²) in [5, 5.41) is 3.25. The van der Waals surface area contributed by atoms with Crippen molar-refractivity contribution >= 4 is 11.7 Å². The highest BCUT2D eigenvalue weighted by Crippen LogP contribution is 2.31. The van der Waals surface area contributed by atoms with Crippen molar-refractivity contribution in [2.45, 2.75) is 57.9 Å². The fraction of sp³-hybridized carbons (Fsp3) is 0.682. The van der Waals surface area contributed by atoms with E-state index in [1.54, 1.807) is 6.92 Å². The summed E-state index contributed by atoms with van der Waals surface area (Å²) in [7, 11) is 1.92. The number of nitrogens with zero attached hydrogens (tertiary/aromatic N) is 4. The minimum Gasteiger partial charge on any atom is -0.373 e. The number of carbonyl (C=O) groups is 1. The van der Waals surface area contributed by atoms with Crippen LogP contribution in [-0.4, -0.2) is 58.9 Å². The molecule has 1 fully saturated rings. The summed E-state index contributed by atoms with van der Waals surface area (Å²) in [4.78, 5) is 26.1. The molecule has 1 saturated heterocycles. The molecule has 0 aromatic carbocycles. The lowest BCUT2D eigenvalue weighted by Gasteiger charge is -2.35. The van der Waals surface area contributed by atoms with Gasteiger partial charge in [-0.05, 0) is 51.1 Å². The monoisotopic (exact) mass is 383 g/mol. The second-order valence-electron chi connectivity index (χ2n) is 8.52. The lowest BCUT2D eigenvalue weighted by atomic mass is 9.91. The summed E-state index contributed by atoms with van der Waals surface area (Å²) in [5.41, 5.74) is 2.22. The van der Waals surface area contributed by atoms with Crippen LogP contribution in [0.25, 0.3) is 0 Å². The molecule has 3 aliphatic rings. The van der Waals surface area contributed by atoms with Crippen LogP contribution < -0.4 is 5.32 Å². The Labute approximate surface area is 168 Å². The molecule has 0 radical (unpaired) electrons. The van der Waals surface area contributed by atoms with Crippen molar-refractivity contribution in [3.63, 3.8) is 0 Å². The maximum absolute atomic E-state index is 11.8. The molecule has 1 atom stereocenters. The van der Waals surface area contributed by atoms with E-state index in [4.69, 9.17) is 9.97 Å². The van der Waals surface area contributed by atoms with Gasteiger partial charge in [-0.3, -0.25) is 4.79 Å². The Morgan fingerprint density at radius 2 is 2.00 bits per heavy atom. The van der Waals surface area contributed by atoms with Crippen LogP contribution in [0.15, 0.2) is 12.2 Å². The van der Waals surface area contributed by atoms with E-state index >= 15 is 0 Å². The van der Waals surface area contributed by atoms with E-state index in [1.807, 2.05) is 11.9 Å². The Bertz CT molecular complexity index is 721. The largest absolute Gasteiger partial charge is 0.373 e. The first kappa shape index (κ1) is 19.4. The minimum absolute atomic E-state index is 0.123. The van der Waals surface area contributed by atoms with Gasteiger partial charge in [0.1, 0.15) is 11.6 Å². The number of piperidine rings is 1. The number of anilines is 1. The molecule has 3 heterocycles. The zero-order valence-electron chi connectivity index (χ0n) is 17.3. The van der Waals surface area contributed by atoms with Gasteiger partial charge in [-0.25, -0.2) is 9.97 Å². The number of carbonyl (C=O) groups excluding carboxylic acids is 1. The summed E-state index contributed by atoms with van der Waals surface area (Å²) in [6.07, 6.45) is 11.6. The van der Waals surface area contributed by atoms with Crippen LogP contribution in [0.5, 0.6) is 0 Å². The molecule has 6 heteroatoms. The van der Waals surface area contributed by atoms with Gasteiger partial charge in [-0.15, -0.1) is 0 Å². The van der Waals surface area contributed by atoms with Gasteiger partial charge in [0.25, 0.3) is 0 Å². The van der Waals surface area contributed by atoms with Crippen LogP contribution in [0.3, 0.4) is 0 Å². The second-order valence-corrected chi connectivity index (χ2v) is 8.52. The Morgan fingerprint density at radius 1 is 1.18 bits per heavy atom. The van der Waals surface area contributed by atoms with Gasteiger partial charge >= 0.3 is 0 Å². The standard InChI is InChI=1S/C22H33N5O/c1-16(28)27-13-10-20-19(15-27)22(23-2)25-21(24-20)18-8-11-26(12-9-18)14-17-6-4-3-5-7-17/h3-4,17-18H,5-15H2,1-2H3,(H,23,24,25). The zero-order valence-corrected chi connectivity index (χ0v) is 17.3. The van der Waals surface area contributed by atoms with Crippen molar-refractivity contribution in [1.29, 1.82) is 0 Å². The fourth-order valence-electron chi connectivity index (χ4n) is 4.85.